The maximum Gasteiger partial charge on any atom is 0.418 e. The van der Waals surface area contributed by atoms with Crippen molar-refractivity contribution >= 4 is 22.5 Å². The second-order valence-electron chi connectivity index (χ2n) is 4.75. The van der Waals surface area contributed by atoms with Crippen LogP contribution in [0.4, 0.5) is 18.9 Å². The number of carbonyl (C=O) groups excluding carboxylic acids is 1. The molecule has 0 saturated carbocycles. The number of carbonyl (C=O) groups is 1. The summed E-state index contributed by atoms with van der Waals surface area (Å²) in [5, 5.41) is 2.99. The molecule has 0 bridgehead atoms. The highest BCUT2D eigenvalue weighted by Gasteiger charge is 2.33. The molecule has 3 aromatic rings. The Morgan fingerprint density at radius 1 is 1.00 bits per heavy atom. The molecule has 1 amide bonds. The number of H-pyrrole nitrogens is 1. The molecule has 1 heterocycles. The first-order chi connectivity index (χ1) is 10.5. The number of benzene rings is 2. The number of aromatic amines is 1. The number of rotatable bonds is 2. The number of hydrogen-bond donors (Lipinski definition) is 2. The number of hydrogen-bond acceptors (Lipinski definition) is 1. The Kier molecular flexibility index (Phi) is 3.36. The van der Waals surface area contributed by atoms with Gasteiger partial charge in [-0.2, -0.15) is 13.2 Å². The lowest BCUT2D eigenvalue weighted by molar-refractivity contribution is -0.136. The Labute approximate surface area is 123 Å². The largest absolute Gasteiger partial charge is 0.418 e. The highest BCUT2D eigenvalue weighted by atomic mass is 19.4. The standard InChI is InChI=1S/C16H11F3N2O/c17-16(18,19)12-6-2-4-8-14(12)21-15(22)11-9-20-13-7-3-1-5-10(11)13/h1-9,20H,(H,21,22). The fraction of sp³-hybridized carbons (Fsp3) is 0.0625. The predicted molar refractivity (Wildman–Crippen MR) is 77.7 cm³/mol. The fourth-order valence-corrected chi connectivity index (χ4v) is 2.29. The molecule has 0 saturated heterocycles. The minimum atomic E-state index is -4.52. The number of alkyl halides is 3. The van der Waals surface area contributed by atoms with E-state index in [-0.39, 0.29) is 5.69 Å². The van der Waals surface area contributed by atoms with Gasteiger partial charge >= 0.3 is 6.18 Å². The van der Waals surface area contributed by atoms with E-state index in [9.17, 15) is 18.0 Å². The predicted octanol–water partition coefficient (Wildman–Crippen LogP) is 4.44. The Balaban J connectivity index is 1.96. The molecule has 1 aromatic heterocycles. The molecular formula is C16H11F3N2O. The summed E-state index contributed by atoms with van der Waals surface area (Å²) in [6.07, 6.45) is -3.04. The Hall–Kier alpha value is -2.76. The number of aromatic nitrogens is 1. The summed E-state index contributed by atoms with van der Waals surface area (Å²) in [6, 6.07) is 12.0. The van der Waals surface area contributed by atoms with E-state index in [0.29, 0.717) is 10.9 Å². The van der Waals surface area contributed by atoms with Gasteiger partial charge in [0.15, 0.2) is 0 Å². The maximum absolute atomic E-state index is 12.9. The van der Waals surface area contributed by atoms with Crippen LogP contribution in [-0.4, -0.2) is 10.9 Å². The lowest BCUT2D eigenvalue weighted by Crippen LogP contribution is -2.16. The van der Waals surface area contributed by atoms with Gasteiger partial charge in [0.1, 0.15) is 0 Å². The molecule has 0 aliphatic rings. The van der Waals surface area contributed by atoms with E-state index in [1.807, 2.05) is 0 Å². The summed E-state index contributed by atoms with van der Waals surface area (Å²) in [6.45, 7) is 0. The first-order valence-electron chi connectivity index (χ1n) is 6.50. The first kappa shape index (κ1) is 14.2. The highest BCUT2D eigenvalue weighted by molar-refractivity contribution is 6.13. The molecule has 2 N–H and O–H groups in total. The SMILES string of the molecule is O=C(Nc1ccccc1C(F)(F)F)c1c[nH]c2ccccc12. The van der Waals surface area contributed by atoms with Crippen LogP contribution in [-0.2, 0) is 6.18 Å². The van der Waals surface area contributed by atoms with Crippen molar-refractivity contribution in [2.24, 2.45) is 0 Å². The third-order valence-electron chi connectivity index (χ3n) is 3.31. The lowest BCUT2D eigenvalue weighted by atomic mass is 10.1. The van der Waals surface area contributed by atoms with Gasteiger partial charge in [-0.15, -0.1) is 0 Å². The molecule has 3 rings (SSSR count). The Morgan fingerprint density at radius 3 is 2.45 bits per heavy atom. The molecule has 0 radical (unpaired) electrons. The van der Waals surface area contributed by atoms with Crippen LogP contribution in [0.15, 0.2) is 54.7 Å². The Bertz CT molecular complexity index is 837. The Morgan fingerprint density at radius 2 is 1.68 bits per heavy atom. The van der Waals surface area contributed by atoms with E-state index in [2.05, 4.69) is 10.3 Å². The number of fused-ring (bicyclic) bond motifs is 1. The van der Waals surface area contributed by atoms with Crippen molar-refractivity contribution in [1.29, 1.82) is 0 Å². The molecule has 2 aromatic carbocycles. The first-order valence-corrected chi connectivity index (χ1v) is 6.50. The van der Waals surface area contributed by atoms with Gasteiger partial charge in [0.25, 0.3) is 5.91 Å². The summed E-state index contributed by atoms with van der Waals surface area (Å²) in [5.74, 6) is -0.589. The third kappa shape index (κ3) is 2.55. The minimum Gasteiger partial charge on any atom is -0.360 e. The molecular weight excluding hydrogens is 293 g/mol. The zero-order chi connectivity index (χ0) is 15.7. The average Bonchev–Trinajstić information content (AvgIpc) is 2.90. The number of anilines is 1. The molecule has 0 aliphatic heterocycles. The van der Waals surface area contributed by atoms with Crippen molar-refractivity contribution in [1.82, 2.24) is 4.98 Å². The van der Waals surface area contributed by atoms with Crippen molar-refractivity contribution in [2.75, 3.05) is 5.32 Å². The zero-order valence-corrected chi connectivity index (χ0v) is 11.2. The number of nitrogens with one attached hydrogen (secondary N) is 2. The van der Waals surface area contributed by atoms with Gasteiger partial charge in [-0.05, 0) is 18.2 Å². The molecule has 3 nitrogen and oxygen atoms in total. The highest BCUT2D eigenvalue weighted by Crippen LogP contribution is 2.34. The van der Waals surface area contributed by atoms with E-state index in [0.717, 1.165) is 11.6 Å². The van der Waals surface area contributed by atoms with Gasteiger partial charge in [-0.25, -0.2) is 0 Å². The summed E-state index contributed by atoms with van der Waals surface area (Å²) >= 11 is 0. The monoisotopic (exact) mass is 304 g/mol. The van der Waals surface area contributed by atoms with Gasteiger partial charge in [0, 0.05) is 17.1 Å². The zero-order valence-electron chi connectivity index (χ0n) is 11.2. The second kappa shape index (κ2) is 5.22. The number of amides is 1. The second-order valence-corrected chi connectivity index (χ2v) is 4.75. The van der Waals surface area contributed by atoms with Crippen molar-refractivity contribution in [2.45, 2.75) is 6.18 Å². The molecule has 0 fully saturated rings. The van der Waals surface area contributed by atoms with E-state index in [1.54, 1.807) is 24.3 Å². The van der Waals surface area contributed by atoms with Gasteiger partial charge in [0.05, 0.1) is 16.8 Å². The smallest absolute Gasteiger partial charge is 0.360 e. The average molecular weight is 304 g/mol. The van der Waals surface area contributed by atoms with E-state index < -0.39 is 17.6 Å². The summed E-state index contributed by atoms with van der Waals surface area (Å²) in [4.78, 5) is 15.2. The number of halogens is 3. The van der Waals surface area contributed by atoms with E-state index >= 15 is 0 Å². The summed E-state index contributed by atoms with van der Waals surface area (Å²) in [5.41, 5.74) is -0.0854. The van der Waals surface area contributed by atoms with Gasteiger partial charge < -0.3 is 10.3 Å². The van der Waals surface area contributed by atoms with Crippen molar-refractivity contribution in [3.63, 3.8) is 0 Å². The maximum atomic E-state index is 12.9. The normalized spacial score (nSPS) is 11.6. The van der Waals surface area contributed by atoms with Crippen molar-refractivity contribution in [3.8, 4) is 0 Å². The van der Waals surface area contributed by atoms with E-state index in [1.165, 1.54) is 24.4 Å². The molecule has 22 heavy (non-hydrogen) atoms. The molecule has 0 unspecified atom stereocenters. The van der Waals surface area contributed by atoms with E-state index in [4.69, 9.17) is 0 Å². The van der Waals surface area contributed by atoms with Crippen molar-refractivity contribution < 1.29 is 18.0 Å². The summed E-state index contributed by atoms with van der Waals surface area (Å²) < 4.78 is 38.8. The van der Waals surface area contributed by atoms with Gasteiger partial charge in [-0.1, -0.05) is 30.3 Å². The van der Waals surface area contributed by atoms with Crippen molar-refractivity contribution in [3.05, 3.63) is 65.9 Å². The number of para-hydroxylation sites is 2. The molecule has 0 atom stereocenters. The molecule has 0 aliphatic carbocycles. The van der Waals surface area contributed by atoms with Crippen LogP contribution in [0.2, 0.25) is 0 Å². The molecule has 6 heteroatoms. The van der Waals surface area contributed by atoms with Gasteiger partial charge in [-0.3, -0.25) is 4.79 Å². The molecule has 112 valence electrons. The van der Waals surface area contributed by atoms with Crippen LogP contribution in [0.1, 0.15) is 15.9 Å². The fourth-order valence-electron chi connectivity index (χ4n) is 2.29. The van der Waals surface area contributed by atoms with Crippen LogP contribution in [0.3, 0.4) is 0 Å². The van der Waals surface area contributed by atoms with Gasteiger partial charge in [0.2, 0.25) is 0 Å². The van der Waals surface area contributed by atoms with Crippen LogP contribution < -0.4 is 5.32 Å². The van der Waals surface area contributed by atoms with Crippen LogP contribution in [0.5, 0.6) is 0 Å². The quantitative estimate of drug-likeness (QED) is 0.722. The summed E-state index contributed by atoms with van der Waals surface area (Å²) in [7, 11) is 0. The van der Waals surface area contributed by atoms with Crippen LogP contribution in [0, 0.1) is 0 Å². The minimum absolute atomic E-state index is 0.259. The van der Waals surface area contributed by atoms with Crippen LogP contribution >= 0.6 is 0 Å². The van der Waals surface area contributed by atoms with Crippen LogP contribution in [0.25, 0.3) is 10.9 Å². The lowest BCUT2D eigenvalue weighted by Gasteiger charge is -2.13. The topological polar surface area (TPSA) is 44.9 Å². The molecule has 0 spiro atoms. The third-order valence-corrected chi connectivity index (χ3v) is 3.31.